The number of rotatable bonds is 6. The summed E-state index contributed by atoms with van der Waals surface area (Å²) >= 11 is 0. The van der Waals surface area contributed by atoms with Crippen LogP contribution in [-0.4, -0.2) is 10.2 Å². The van der Waals surface area contributed by atoms with Crippen LogP contribution >= 0.6 is 0 Å². The van der Waals surface area contributed by atoms with E-state index in [0.717, 1.165) is 33.9 Å². The lowest BCUT2D eigenvalue weighted by Crippen LogP contribution is -2.18. The van der Waals surface area contributed by atoms with E-state index in [1.54, 1.807) is 0 Å². The van der Waals surface area contributed by atoms with Crippen LogP contribution in [0.4, 0.5) is 22.7 Å². The van der Waals surface area contributed by atoms with E-state index in [2.05, 4.69) is 86.9 Å². The van der Waals surface area contributed by atoms with E-state index in [9.17, 15) is 10.2 Å². The van der Waals surface area contributed by atoms with Gasteiger partial charge in [0.15, 0.2) is 0 Å². The Labute approximate surface area is 273 Å². The van der Waals surface area contributed by atoms with E-state index in [1.165, 1.54) is 44.5 Å². The van der Waals surface area contributed by atoms with Gasteiger partial charge in [0.1, 0.15) is 0 Å². The van der Waals surface area contributed by atoms with Crippen molar-refractivity contribution in [2.45, 2.75) is 77.4 Å². The number of fused-ring (bicyclic) bond motifs is 6. The van der Waals surface area contributed by atoms with Crippen LogP contribution in [0.2, 0.25) is 0 Å². The van der Waals surface area contributed by atoms with Gasteiger partial charge < -0.3 is 20.8 Å². The summed E-state index contributed by atoms with van der Waals surface area (Å²) in [6, 6.07) is 34.2. The Balaban J connectivity index is 1.25. The second kappa shape index (κ2) is 10.1. The molecule has 0 saturated carbocycles. The van der Waals surface area contributed by atoms with Crippen LogP contribution in [0.15, 0.2) is 97.1 Å². The molecular formula is C42H44N2O2. The molecule has 5 aromatic carbocycles. The molecule has 4 N–H and O–H groups in total. The summed E-state index contributed by atoms with van der Waals surface area (Å²) in [5, 5.41) is 28.7. The van der Waals surface area contributed by atoms with Crippen molar-refractivity contribution >= 4 is 22.7 Å². The van der Waals surface area contributed by atoms with Crippen LogP contribution < -0.4 is 10.6 Å². The third-order valence-electron chi connectivity index (χ3n) is 10.2. The molecule has 4 nitrogen and oxygen atoms in total. The zero-order valence-corrected chi connectivity index (χ0v) is 28.1. The van der Waals surface area contributed by atoms with E-state index < -0.39 is 11.2 Å². The number of hydrogen-bond donors (Lipinski definition) is 4. The quantitative estimate of drug-likeness (QED) is 0.155. The maximum absolute atomic E-state index is 10.8. The highest BCUT2D eigenvalue weighted by Crippen LogP contribution is 2.56. The predicted octanol–water partition coefficient (Wildman–Crippen LogP) is 10.2. The molecule has 0 atom stereocenters. The molecule has 7 rings (SSSR count). The third kappa shape index (κ3) is 4.74. The number of nitrogens with one attached hydrogen (secondary N) is 2. The second-order valence-corrected chi connectivity index (χ2v) is 15.2. The Morgan fingerprint density at radius 1 is 0.457 bits per heavy atom. The minimum atomic E-state index is -0.947. The molecule has 0 fully saturated rings. The number of hydrogen-bond acceptors (Lipinski definition) is 4. The summed E-state index contributed by atoms with van der Waals surface area (Å²) < 4.78 is 0. The molecule has 2 aliphatic rings. The number of benzene rings is 5. The smallest absolute Gasteiger partial charge is 0.0860 e. The molecule has 4 heteroatoms. The van der Waals surface area contributed by atoms with Crippen LogP contribution in [0.5, 0.6) is 0 Å². The molecule has 0 aromatic heterocycles. The van der Waals surface area contributed by atoms with Gasteiger partial charge in [0.25, 0.3) is 0 Å². The Kier molecular flexibility index (Phi) is 6.62. The first kappa shape index (κ1) is 30.3. The number of aliphatic hydroxyl groups is 2. The Hall–Kier alpha value is -4.38. The molecule has 0 radical (unpaired) electrons. The van der Waals surface area contributed by atoms with Crippen LogP contribution in [0.1, 0.15) is 88.8 Å². The highest BCUT2D eigenvalue weighted by Gasteiger charge is 2.42. The molecule has 5 aromatic rings. The topological polar surface area (TPSA) is 64.5 Å². The fourth-order valence-corrected chi connectivity index (χ4v) is 7.68. The molecule has 0 heterocycles. The van der Waals surface area contributed by atoms with Gasteiger partial charge in [-0.3, -0.25) is 0 Å². The monoisotopic (exact) mass is 608 g/mol. The standard InChI is InChI=1S/C42H44N2O2/c1-39(2)33-21-25(43-37-15-11-9-13-31(37)41(5,6)45)17-19-27(33)29-24-36-30(23-35(29)39)28-20-18-26(22-34(28)40(36,3)4)44-38-16-12-10-14-32(38)42(7,8)46/h9-24,43-46H,1-8H3. The van der Waals surface area contributed by atoms with Gasteiger partial charge in [-0.05, 0) is 121 Å². The maximum Gasteiger partial charge on any atom is 0.0860 e. The highest BCUT2D eigenvalue weighted by atomic mass is 16.3. The van der Waals surface area contributed by atoms with E-state index in [0.29, 0.717) is 0 Å². The van der Waals surface area contributed by atoms with Gasteiger partial charge in [0, 0.05) is 44.7 Å². The van der Waals surface area contributed by atoms with Crippen molar-refractivity contribution < 1.29 is 10.2 Å². The molecule has 2 aliphatic carbocycles. The minimum Gasteiger partial charge on any atom is -0.386 e. The molecular weight excluding hydrogens is 564 g/mol. The average molecular weight is 609 g/mol. The lowest BCUT2D eigenvalue weighted by Gasteiger charge is -2.25. The third-order valence-corrected chi connectivity index (χ3v) is 10.2. The zero-order chi connectivity index (χ0) is 32.8. The highest BCUT2D eigenvalue weighted by molar-refractivity contribution is 5.91. The number of para-hydroxylation sites is 2. The summed E-state index contributed by atoms with van der Waals surface area (Å²) in [7, 11) is 0. The summed E-state index contributed by atoms with van der Waals surface area (Å²) in [5.41, 5.74) is 13.8. The largest absolute Gasteiger partial charge is 0.386 e. The normalized spacial score (nSPS) is 15.5. The molecule has 46 heavy (non-hydrogen) atoms. The Morgan fingerprint density at radius 3 is 1.17 bits per heavy atom. The SMILES string of the molecule is CC(C)(O)c1ccccc1Nc1ccc2c(c1)C(C)(C)c1cc3c(cc1-2)C(C)(C)c1cc(Nc2ccccc2C(C)(C)O)ccc1-3. The first-order valence-electron chi connectivity index (χ1n) is 16.2. The van der Waals surface area contributed by atoms with E-state index in [-0.39, 0.29) is 10.8 Å². The zero-order valence-electron chi connectivity index (χ0n) is 28.1. The van der Waals surface area contributed by atoms with Crippen molar-refractivity contribution in [2.24, 2.45) is 0 Å². The summed E-state index contributed by atoms with van der Waals surface area (Å²) in [4.78, 5) is 0. The maximum atomic E-state index is 10.8. The fourth-order valence-electron chi connectivity index (χ4n) is 7.68. The molecule has 0 saturated heterocycles. The molecule has 0 aliphatic heterocycles. The summed E-state index contributed by atoms with van der Waals surface area (Å²) in [5.74, 6) is 0. The predicted molar refractivity (Wildman–Crippen MR) is 192 cm³/mol. The Morgan fingerprint density at radius 2 is 0.804 bits per heavy atom. The van der Waals surface area contributed by atoms with Crippen molar-refractivity contribution in [1.29, 1.82) is 0 Å². The molecule has 0 amide bonds. The van der Waals surface area contributed by atoms with E-state index in [4.69, 9.17) is 0 Å². The van der Waals surface area contributed by atoms with Crippen molar-refractivity contribution in [3.63, 3.8) is 0 Å². The molecule has 0 bridgehead atoms. The van der Waals surface area contributed by atoms with Crippen LogP contribution in [0, 0.1) is 0 Å². The van der Waals surface area contributed by atoms with Gasteiger partial charge in [-0.1, -0.05) is 76.2 Å². The fraction of sp³-hybridized carbons (Fsp3) is 0.286. The first-order chi connectivity index (χ1) is 21.6. The van der Waals surface area contributed by atoms with E-state index >= 15 is 0 Å². The van der Waals surface area contributed by atoms with Crippen molar-refractivity contribution in [1.82, 2.24) is 0 Å². The Bertz CT molecular complexity index is 1870. The summed E-state index contributed by atoms with van der Waals surface area (Å²) in [6.07, 6.45) is 0. The van der Waals surface area contributed by atoms with Crippen molar-refractivity contribution in [3.05, 3.63) is 130 Å². The van der Waals surface area contributed by atoms with E-state index in [1.807, 2.05) is 76.2 Å². The van der Waals surface area contributed by atoms with Gasteiger partial charge in [-0.2, -0.15) is 0 Å². The van der Waals surface area contributed by atoms with Gasteiger partial charge in [0.05, 0.1) is 11.2 Å². The van der Waals surface area contributed by atoms with Crippen LogP contribution in [0.3, 0.4) is 0 Å². The van der Waals surface area contributed by atoms with Crippen molar-refractivity contribution in [2.75, 3.05) is 10.6 Å². The van der Waals surface area contributed by atoms with Crippen LogP contribution in [0.25, 0.3) is 22.3 Å². The molecule has 0 unspecified atom stereocenters. The lowest BCUT2D eigenvalue weighted by molar-refractivity contribution is 0.0788. The summed E-state index contributed by atoms with van der Waals surface area (Å²) in [6.45, 7) is 16.6. The van der Waals surface area contributed by atoms with Crippen LogP contribution in [-0.2, 0) is 22.0 Å². The first-order valence-corrected chi connectivity index (χ1v) is 16.2. The van der Waals surface area contributed by atoms with Gasteiger partial charge in [-0.15, -0.1) is 0 Å². The molecule has 0 spiro atoms. The number of anilines is 4. The van der Waals surface area contributed by atoms with Gasteiger partial charge in [0.2, 0.25) is 0 Å². The van der Waals surface area contributed by atoms with Gasteiger partial charge >= 0.3 is 0 Å². The van der Waals surface area contributed by atoms with Gasteiger partial charge in [-0.25, -0.2) is 0 Å². The lowest BCUT2D eigenvalue weighted by atomic mass is 9.79. The molecule has 234 valence electrons. The average Bonchev–Trinajstić information content (AvgIpc) is 3.34. The minimum absolute atomic E-state index is 0.178. The second-order valence-electron chi connectivity index (χ2n) is 15.2. The van der Waals surface area contributed by atoms with Crippen molar-refractivity contribution in [3.8, 4) is 22.3 Å².